The van der Waals surface area contributed by atoms with Crippen LogP contribution in [-0.2, 0) is 4.74 Å². The molecule has 0 N–H and O–H groups in total. The van der Waals surface area contributed by atoms with Gasteiger partial charge in [0.05, 0.1) is 6.54 Å². The molecule has 62 valence electrons. The zero-order valence-corrected chi connectivity index (χ0v) is 7.08. The van der Waals surface area contributed by atoms with E-state index in [2.05, 4.69) is 24.0 Å². The van der Waals surface area contributed by atoms with E-state index in [1.54, 1.807) is 0 Å². The number of aliphatic imine (C=N–C) groups is 1. The summed E-state index contributed by atoms with van der Waals surface area (Å²) >= 11 is 0. The molecular weight excluding hydrogens is 150 g/mol. The third-order valence-corrected chi connectivity index (χ3v) is 1.88. The Morgan fingerprint density at radius 3 is 2.58 bits per heavy atom. The number of ether oxygens (including phenoxy) is 1. The summed E-state index contributed by atoms with van der Waals surface area (Å²) in [5.41, 5.74) is 2.34. The van der Waals surface area contributed by atoms with E-state index >= 15 is 0 Å². The smallest absolute Gasteiger partial charge is 0.216 e. The maximum absolute atomic E-state index is 5.33. The molecule has 0 spiro atoms. The molecule has 2 nitrogen and oxygen atoms in total. The number of hydrogen-bond donors (Lipinski definition) is 0. The molecule has 0 fully saturated rings. The van der Waals surface area contributed by atoms with Gasteiger partial charge in [0.15, 0.2) is 0 Å². The number of hydrogen-bond acceptors (Lipinski definition) is 2. The Morgan fingerprint density at radius 2 is 2.00 bits per heavy atom. The quantitative estimate of drug-likeness (QED) is 0.615. The van der Waals surface area contributed by atoms with Gasteiger partial charge in [-0.3, -0.25) is 0 Å². The fourth-order valence-corrected chi connectivity index (χ4v) is 1.21. The van der Waals surface area contributed by atoms with Crippen LogP contribution in [0.4, 0.5) is 0 Å². The molecule has 1 aliphatic rings. The second-order valence-electron chi connectivity index (χ2n) is 2.90. The van der Waals surface area contributed by atoms with Crippen LogP contribution in [0.5, 0.6) is 0 Å². The highest BCUT2D eigenvalue weighted by atomic mass is 16.5. The first-order valence-corrected chi connectivity index (χ1v) is 4.10. The maximum Gasteiger partial charge on any atom is 0.216 e. The highest BCUT2D eigenvalue weighted by molar-refractivity contribution is 5.94. The SMILES string of the molecule is Cc1ccc(C2=NCCO2)cc1. The van der Waals surface area contributed by atoms with Crippen molar-refractivity contribution in [2.75, 3.05) is 13.2 Å². The van der Waals surface area contributed by atoms with Crippen molar-refractivity contribution in [2.45, 2.75) is 6.92 Å². The van der Waals surface area contributed by atoms with E-state index < -0.39 is 0 Å². The molecule has 0 radical (unpaired) electrons. The first kappa shape index (κ1) is 7.35. The Hall–Kier alpha value is -1.31. The maximum atomic E-state index is 5.33. The highest BCUT2D eigenvalue weighted by Gasteiger charge is 2.08. The summed E-state index contributed by atoms with van der Waals surface area (Å²) < 4.78 is 5.33. The van der Waals surface area contributed by atoms with Gasteiger partial charge in [-0.15, -0.1) is 0 Å². The minimum atomic E-state index is 0.725. The zero-order chi connectivity index (χ0) is 8.39. The topological polar surface area (TPSA) is 21.6 Å². The van der Waals surface area contributed by atoms with Crippen molar-refractivity contribution in [3.63, 3.8) is 0 Å². The average Bonchev–Trinajstić information content (AvgIpc) is 2.58. The van der Waals surface area contributed by atoms with Gasteiger partial charge in [0.1, 0.15) is 6.61 Å². The van der Waals surface area contributed by atoms with Crippen LogP contribution in [0, 0.1) is 6.92 Å². The van der Waals surface area contributed by atoms with Crippen LogP contribution in [0.1, 0.15) is 11.1 Å². The predicted molar refractivity (Wildman–Crippen MR) is 48.5 cm³/mol. The predicted octanol–water partition coefficient (Wildman–Crippen LogP) is 1.77. The van der Waals surface area contributed by atoms with Crippen molar-refractivity contribution < 1.29 is 4.74 Å². The summed E-state index contributed by atoms with van der Waals surface area (Å²) in [5, 5.41) is 0. The molecule has 0 saturated carbocycles. The van der Waals surface area contributed by atoms with Crippen molar-refractivity contribution >= 4 is 5.90 Å². The molecule has 0 bridgehead atoms. The number of rotatable bonds is 1. The van der Waals surface area contributed by atoms with Crippen molar-refractivity contribution in [3.8, 4) is 0 Å². The number of nitrogens with zero attached hydrogens (tertiary/aromatic N) is 1. The summed E-state index contributed by atoms with van der Waals surface area (Å²) in [6.45, 7) is 3.59. The van der Waals surface area contributed by atoms with Crippen LogP contribution in [0.3, 0.4) is 0 Å². The van der Waals surface area contributed by atoms with Crippen molar-refractivity contribution in [1.82, 2.24) is 0 Å². The summed E-state index contributed by atoms with van der Waals surface area (Å²) in [4.78, 5) is 4.23. The molecule has 1 heterocycles. The fraction of sp³-hybridized carbons (Fsp3) is 0.300. The first-order valence-electron chi connectivity index (χ1n) is 4.10. The van der Waals surface area contributed by atoms with E-state index in [9.17, 15) is 0 Å². The van der Waals surface area contributed by atoms with Gasteiger partial charge in [-0.2, -0.15) is 0 Å². The normalized spacial score (nSPS) is 15.6. The minimum Gasteiger partial charge on any atom is -0.476 e. The molecule has 0 saturated heterocycles. The Bertz CT molecular complexity index is 300. The third kappa shape index (κ3) is 1.33. The first-order chi connectivity index (χ1) is 5.86. The monoisotopic (exact) mass is 161 g/mol. The van der Waals surface area contributed by atoms with Crippen LogP contribution >= 0.6 is 0 Å². The van der Waals surface area contributed by atoms with E-state index in [-0.39, 0.29) is 0 Å². The van der Waals surface area contributed by atoms with Crippen LogP contribution in [-0.4, -0.2) is 19.0 Å². The average molecular weight is 161 g/mol. The highest BCUT2D eigenvalue weighted by Crippen LogP contribution is 2.08. The summed E-state index contributed by atoms with van der Waals surface area (Å²) in [6.07, 6.45) is 0. The van der Waals surface area contributed by atoms with Crippen molar-refractivity contribution in [3.05, 3.63) is 35.4 Å². The van der Waals surface area contributed by atoms with Gasteiger partial charge in [0.2, 0.25) is 5.90 Å². The van der Waals surface area contributed by atoms with Gasteiger partial charge >= 0.3 is 0 Å². The second kappa shape index (κ2) is 2.97. The lowest BCUT2D eigenvalue weighted by Crippen LogP contribution is -2.00. The largest absolute Gasteiger partial charge is 0.476 e. The molecular formula is C10H11NO. The molecule has 2 rings (SSSR count). The molecule has 1 aromatic rings. The van der Waals surface area contributed by atoms with Crippen LogP contribution in [0.2, 0.25) is 0 Å². The molecule has 1 aliphatic heterocycles. The van der Waals surface area contributed by atoms with Crippen molar-refractivity contribution in [2.24, 2.45) is 4.99 Å². The Balaban J connectivity index is 2.28. The Kier molecular flexibility index (Phi) is 1.82. The lowest BCUT2D eigenvalue weighted by molar-refractivity contribution is 0.348. The van der Waals surface area contributed by atoms with Gasteiger partial charge in [-0.1, -0.05) is 17.7 Å². The van der Waals surface area contributed by atoms with E-state index in [1.807, 2.05) is 12.1 Å². The molecule has 0 amide bonds. The molecule has 0 unspecified atom stereocenters. The van der Waals surface area contributed by atoms with E-state index in [0.29, 0.717) is 0 Å². The van der Waals surface area contributed by atoms with Gasteiger partial charge < -0.3 is 4.74 Å². The Labute approximate surface area is 71.9 Å². The second-order valence-corrected chi connectivity index (χ2v) is 2.90. The van der Waals surface area contributed by atoms with Gasteiger partial charge in [0, 0.05) is 5.56 Å². The van der Waals surface area contributed by atoms with Crippen LogP contribution in [0.25, 0.3) is 0 Å². The van der Waals surface area contributed by atoms with E-state index in [4.69, 9.17) is 4.74 Å². The summed E-state index contributed by atoms with van der Waals surface area (Å²) in [7, 11) is 0. The lowest BCUT2D eigenvalue weighted by atomic mass is 10.1. The molecule has 12 heavy (non-hydrogen) atoms. The molecule has 0 aliphatic carbocycles. The number of benzene rings is 1. The third-order valence-electron chi connectivity index (χ3n) is 1.88. The van der Waals surface area contributed by atoms with Crippen LogP contribution in [0.15, 0.2) is 29.3 Å². The van der Waals surface area contributed by atoms with Crippen LogP contribution < -0.4 is 0 Å². The number of aryl methyl sites for hydroxylation is 1. The van der Waals surface area contributed by atoms with Gasteiger partial charge in [-0.25, -0.2) is 4.99 Å². The van der Waals surface area contributed by atoms with Crippen molar-refractivity contribution in [1.29, 1.82) is 0 Å². The van der Waals surface area contributed by atoms with Gasteiger partial charge in [-0.05, 0) is 19.1 Å². The molecule has 0 atom stereocenters. The fourth-order valence-electron chi connectivity index (χ4n) is 1.21. The summed E-state index contributed by atoms with van der Waals surface area (Å²) in [6, 6.07) is 8.22. The minimum absolute atomic E-state index is 0.725. The molecule has 0 aromatic heterocycles. The van der Waals surface area contributed by atoms with Gasteiger partial charge in [0.25, 0.3) is 0 Å². The molecule has 1 aromatic carbocycles. The Morgan fingerprint density at radius 1 is 1.25 bits per heavy atom. The summed E-state index contributed by atoms with van der Waals surface area (Å²) in [5.74, 6) is 0.787. The van der Waals surface area contributed by atoms with E-state index in [0.717, 1.165) is 24.6 Å². The molecule has 2 heteroatoms. The lowest BCUT2D eigenvalue weighted by Gasteiger charge is -2.00. The zero-order valence-electron chi connectivity index (χ0n) is 7.08. The standard InChI is InChI=1S/C10H11NO/c1-8-2-4-9(5-3-8)10-11-6-7-12-10/h2-5H,6-7H2,1H3. The van der Waals surface area contributed by atoms with E-state index in [1.165, 1.54) is 5.56 Å².